The molecule has 0 radical (unpaired) electrons. The fourth-order valence-electron chi connectivity index (χ4n) is 2.48. The van der Waals surface area contributed by atoms with E-state index in [0.717, 1.165) is 13.1 Å². The Labute approximate surface area is 146 Å². The molecule has 2 rings (SSSR count). The first-order chi connectivity index (χ1) is 8.84. The lowest BCUT2D eigenvalue weighted by Crippen LogP contribution is -3.09. The second kappa shape index (κ2) is 13.6. The van der Waals surface area contributed by atoms with Gasteiger partial charge in [-0.25, -0.2) is 4.98 Å². The summed E-state index contributed by atoms with van der Waals surface area (Å²) < 4.78 is 0. The molecule has 0 aliphatic carbocycles. The van der Waals surface area contributed by atoms with E-state index >= 15 is 0 Å². The van der Waals surface area contributed by atoms with E-state index < -0.39 is 0 Å². The number of nitrogens with zero attached hydrogens (tertiary/aromatic N) is 1. The van der Waals surface area contributed by atoms with Crippen molar-refractivity contribution in [2.24, 2.45) is 0 Å². The maximum Gasteiger partial charge on any atom is 0.118 e. The van der Waals surface area contributed by atoms with Crippen molar-refractivity contribution in [2.75, 3.05) is 33.2 Å². The summed E-state index contributed by atoms with van der Waals surface area (Å²) in [6, 6.07) is 6.43. The molecule has 21 heavy (non-hydrogen) atoms. The van der Waals surface area contributed by atoms with Crippen molar-refractivity contribution in [1.29, 1.82) is 0 Å². The molecular weight excluding hydrogens is 331 g/mol. The monoisotopic (exact) mass is 356 g/mol. The van der Waals surface area contributed by atoms with Crippen LogP contribution in [0, 0.1) is 0 Å². The lowest BCUT2D eigenvalue weighted by molar-refractivity contribution is -0.883. The Bertz CT molecular complexity index is 337. The zero-order valence-electron chi connectivity index (χ0n) is 12.6. The topological polar surface area (TPSA) is 50.5 Å². The lowest BCUT2D eigenvalue weighted by atomic mass is 10.2. The minimum Gasteiger partial charge on any atom is -1.00 e. The summed E-state index contributed by atoms with van der Waals surface area (Å²) in [5.74, 6) is 0. The quantitative estimate of drug-likeness (QED) is 0.424. The molecule has 2 bridgehead atoms. The Morgan fingerprint density at radius 3 is 1.86 bits per heavy atom. The van der Waals surface area contributed by atoms with Crippen LogP contribution in [0.15, 0.2) is 18.2 Å². The molecule has 0 saturated heterocycles. The van der Waals surface area contributed by atoms with Gasteiger partial charge in [0.05, 0.1) is 44.6 Å². The molecule has 1 aromatic heterocycles. The average Bonchev–Trinajstić information content (AvgIpc) is 2.38. The van der Waals surface area contributed by atoms with Gasteiger partial charge in [0.1, 0.15) is 13.1 Å². The normalized spacial score (nSPS) is 17.4. The standard InChI is InChI=1S/C14H24N4.3ClH/c1-18-9-3-7-15-11-13-5-2-6-14(17-13)12-16-8-4-10-18;;;/h2,5-6,15-16H,3-4,7-12H2,1H3;3*1H. The number of pyridine rings is 1. The van der Waals surface area contributed by atoms with Crippen LogP contribution >= 0.6 is 0 Å². The van der Waals surface area contributed by atoms with Gasteiger partial charge in [-0.1, -0.05) is 6.07 Å². The maximum absolute atomic E-state index is 4.71. The van der Waals surface area contributed by atoms with Crippen LogP contribution < -0.4 is 52.8 Å². The summed E-state index contributed by atoms with van der Waals surface area (Å²) >= 11 is 0. The van der Waals surface area contributed by atoms with Crippen LogP contribution in [0.1, 0.15) is 24.2 Å². The minimum absolute atomic E-state index is 0. The molecule has 0 atom stereocenters. The summed E-state index contributed by atoms with van der Waals surface area (Å²) in [5, 5.41) is 4.77. The van der Waals surface area contributed by atoms with Crippen LogP contribution in [0.25, 0.3) is 0 Å². The molecule has 2 heterocycles. The molecule has 1 aliphatic rings. The number of nitrogens with two attached hydrogens (primary N) is 2. The number of aromatic nitrogens is 1. The largest absolute Gasteiger partial charge is 1.00 e. The first-order valence-electron chi connectivity index (χ1n) is 7.24. The van der Waals surface area contributed by atoms with Gasteiger partial charge in [-0.15, -0.1) is 0 Å². The van der Waals surface area contributed by atoms with Crippen molar-refractivity contribution >= 4 is 0 Å². The third-order valence-corrected chi connectivity index (χ3v) is 3.59. The number of rotatable bonds is 0. The zero-order valence-corrected chi connectivity index (χ0v) is 14.9. The summed E-state index contributed by atoms with van der Waals surface area (Å²) in [5.41, 5.74) is 2.44. The highest BCUT2D eigenvalue weighted by molar-refractivity contribution is 5.09. The van der Waals surface area contributed by atoms with Crippen molar-refractivity contribution < 1.29 is 52.8 Å². The third kappa shape index (κ3) is 9.51. The predicted molar refractivity (Wildman–Crippen MR) is 71.1 cm³/mol. The fraction of sp³-hybridized carbons (Fsp3) is 0.643. The number of nitrogens with one attached hydrogen (secondary N) is 1. The smallest absolute Gasteiger partial charge is 0.118 e. The van der Waals surface area contributed by atoms with Gasteiger partial charge >= 0.3 is 0 Å². The van der Waals surface area contributed by atoms with Crippen molar-refractivity contribution in [2.45, 2.75) is 25.9 Å². The molecule has 1 aromatic rings. The van der Waals surface area contributed by atoms with Crippen LogP contribution in [0.5, 0.6) is 0 Å². The highest BCUT2D eigenvalue weighted by Crippen LogP contribution is 1.96. The third-order valence-electron chi connectivity index (χ3n) is 3.59. The number of fused-ring (bicyclic) bond motifs is 2. The van der Waals surface area contributed by atoms with Gasteiger partial charge in [-0.3, -0.25) is 0 Å². The predicted octanol–water partition coefficient (Wildman–Crippen LogP) is -11.5. The van der Waals surface area contributed by atoms with Gasteiger partial charge in [0.25, 0.3) is 0 Å². The van der Waals surface area contributed by atoms with E-state index in [2.05, 4.69) is 35.9 Å². The van der Waals surface area contributed by atoms with E-state index in [0.29, 0.717) is 0 Å². The van der Waals surface area contributed by atoms with E-state index in [1.165, 1.54) is 50.4 Å². The molecule has 124 valence electrons. The Hall–Kier alpha value is -0.100. The van der Waals surface area contributed by atoms with Crippen LogP contribution in [0.4, 0.5) is 0 Å². The van der Waals surface area contributed by atoms with E-state index in [4.69, 9.17) is 4.98 Å². The average molecular weight is 358 g/mol. The molecule has 0 unspecified atom stereocenters. The van der Waals surface area contributed by atoms with E-state index in [1.807, 2.05) is 0 Å². The SMILES string of the molecule is C[NH+]1CCC[NH2+]Cc2cccc(n2)C[NH2+]CCC1.[Cl-].[Cl-].[Cl-]. The molecule has 5 N–H and O–H groups in total. The highest BCUT2D eigenvalue weighted by atomic mass is 35.5. The zero-order chi connectivity index (χ0) is 12.6. The Morgan fingerprint density at radius 1 is 0.905 bits per heavy atom. The van der Waals surface area contributed by atoms with Crippen LogP contribution in [-0.2, 0) is 13.1 Å². The minimum atomic E-state index is 0. The van der Waals surface area contributed by atoms with Gasteiger partial charge in [-0.2, -0.15) is 0 Å². The van der Waals surface area contributed by atoms with Crippen LogP contribution in [0.2, 0.25) is 0 Å². The molecule has 0 aromatic carbocycles. The highest BCUT2D eigenvalue weighted by Gasteiger charge is 2.06. The van der Waals surface area contributed by atoms with E-state index in [1.54, 1.807) is 4.90 Å². The first-order valence-corrected chi connectivity index (χ1v) is 7.24. The molecule has 0 saturated carbocycles. The van der Waals surface area contributed by atoms with Crippen molar-refractivity contribution in [3.05, 3.63) is 29.6 Å². The molecule has 7 heteroatoms. The van der Waals surface area contributed by atoms with E-state index in [-0.39, 0.29) is 37.2 Å². The molecule has 0 fully saturated rings. The molecule has 4 nitrogen and oxygen atoms in total. The number of hydrogen-bond acceptors (Lipinski definition) is 1. The van der Waals surface area contributed by atoms with E-state index in [9.17, 15) is 0 Å². The molecule has 1 aliphatic heterocycles. The summed E-state index contributed by atoms with van der Waals surface area (Å²) in [7, 11) is 2.32. The second-order valence-corrected chi connectivity index (χ2v) is 5.35. The summed E-state index contributed by atoms with van der Waals surface area (Å²) in [6.45, 7) is 7.07. The molecule has 0 spiro atoms. The number of quaternary nitrogens is 3. The maximum atomic E-state index is 4.71. The molecule has 0 amide bonds. The van der Waals surface area contributed by atoms with Gasteiger partial charge in [0, 0.05) is 12.8 Å². The summed E-state index contributed by atoms with van der Waals surface area (Å²) in [6.07, 6.45) is 2.60. The lowest BCUT2D eigenvalue weighted by Gasteiger charge is -2.13. The molecular formula is C14H27Cl3N4. The van der Waals surface area contributed by atoms with Crippen LogP contribution in [0.3, 0.4) is 0 Å². The number of hydrogen-bond donors (Lipinski definition) is 3. The summed E-state index contributed by atoms with van der Waals surface area (Å²) in [4.78, 5) is 6.38. The second-order valence-electron chi connectivity index (χ2n) is 5.35. The van der Waals surface area contributed by atoms with Crippen molar-refractivity contribution in [3.63, 3.8) is 0 Å². The first kappa shape index (κ1) is 23.2. The Balaban J connectivity index is 0. The van der Waals surface area contributed by atoms with Crippen molar-refractivity contribution in [1.82, 2.24) is 4.98 Å². The van der Waals surface area contributed by atoms with Gasteiger partial charge in [0.15, 0.2) is 0 Å². The fourth-order valence-corrected chi connectivity index (χ4v) is 2.48. The van der Waals surface area contributed by atoms with Gasteiger partial charge in [0.2, 0.25) is 0 Å². The van der Waals surface area contributed by atoms with Gasteiger partial charge in [-0.05, 0) is 12.1 Å². The number of halogens is 3. The Morgan fingerprint density at radius 2 is 1.38 bits per heavy atom. The van der Waals surface area contributed by atoms with Crippen LogP contribution in [-0.4, -0.2) is 38.2 Å². The van der Waals surface area contributed by atoms with Gasteiger partial charge < -0.3 is 52.8 Å². The Kier molecular flexibility index (Phi) is 15.0. The van der Waals surface area contributed by atoms with Crippen molar-refractivity contribution in [3.8, 4) is 0 Å².